The summed E-state index contributed by atoms with van der Waals surface area (Å²) >= 11 is 0. The molecule has 0 aromatic rings. The van der Waals surface area contributed by atoms with Crippen molar-refractivity contribution >= 4 is 0 Å². The Kier molecular flexibility index (Phi) is 3.89. The summed E-state index contributed by atoms with van der Waals surface area (Å²) in [5.74, 6) is 0.741. The molecule has 1 heteroatoms. The second kappa shape index (κ2) is 4.52. The maximum atomic E-state index is 4.18. The highest BCUT2D eigenvalue weighted by Gasteiger charge is 2.53. The predicted octanol–water partition coefficient (Wildman–Crippen LogP) is 4.55. The summed E-state index contributed by atoms with van der Waals surface area (Å²) < 4.78 is 1.09. The van der Waals surface area contributed by atoms with Crippen molar-refractivity contribution in [2.24, 2.45) is 5.92 Å². The summed E-state index contributed by atoms with van der Waals surface area (Å²) in [6.45, 7) is 19.9. The molecular weight excluding hydrogens is 218 g/mol. The van der Waals surface area contributed by atoms with E-state index < -0.39 is 0 Å². The molecule has 0 aromatic carbocycles. The van der Waals surface area contributed by atoms with Crippen LogP contribution in [0.1, 0.15) is 53.9 Å². The van der Waals surface area contributed by atoms with Gasteiger partial charge in [-0.15, -0.1) is 0 Å². The Hall–Kier alpha value is -0.560. The first-order valence-electron chi connectivity index (χ1n) is 7.08. The second-order valence-corrected chi connectivity index (χ2v) is 7.94. The lowest BCUT2D eigenvalue weighted by molar-refractivity contribution is -0.988. The molecular formula is C17H32N+. The lowest BCUT2D eigenvalue weighted by Crippen LogP contribution is -2.70. The SMILES string of the molecule is C=C(C)C(=C)CC1CC(C)(C)[N+](C)(C)C(C)(C)C1. The number of hydrogen-bond donors (Lipinski definition) is 0. The molecule has 0 bridgehead atoms. The second-order valence-electron chi connectivity index (χ2n) is 7.94. The molecule has 1 aliphatic heterocycles. The van der Waals surface area contributed by atoms with Crippen molar-refractivity contribution in [3.05, 3.63) is 24.3 Å². The first kappa shape index (κ1) is 15.5. The van der Waals surface area contributed by atoms with Crippen LogP contribution in [-0.2, 0) is 0 Å². The molecule has 0 saturated carbocycles. The lowest BCUT2D eigenvalue weighted by atomic mass is 9.70. The molecule has 1 nitrogen and oxygen atoms in total. The minimum absolute atomic E-state index is 0.321. The highest BCUT2D eigenvalue weighted by molar-refractivity contribution is 5.23. The van der Waals surface area contributed by atoms with Crippen LogP contribution < -0.4 is 0 Å². The van der Waals surface area contributed by atoms with Gasteiger partial charge in [0.15, 0.2) is 0 Å². The zero-order valence-corrected chi connectivity index (χ0v) is 13.6. The van der Waals surface area contributed by atoms with Crippen molar-refractivity contribution < 1.29 is 4.48 Å². The fourth-order valence-electron chi connectivity index (χ4n) is 3.43. The van der Waals surface area contributed by atoms with Gasteiger partial charge in [0.2, 0.25) is 0 Å². The minimum atomic E-state index is 0.321. The van der Waals surface area contributed by atoms with Crippen molar-refractivity contribution in [3.8, 4) is 0 Å². The van der Waals surface area contributed by atoms with Crippen LogP contribution in [-0.4, -0.2) is 29.7 Å². The van der Waals surface area contributed by atoms with E-state index in [1.807, 2.05) is 0 Å². The maximum Gasteiger partial charge on any atom is 0.0938 e. The Morgan fingerprint density at radius 1 is 1.06 bits per heavy atom. The van der Waals surface area contributed by atoms with Crippen molar-refractivity contribution in [2.75, 3.05) is 14.1 Å². The van der Waals surface area contributed by atoms with Crippen molar-refractivity contribution in [3.63, 3.8) is 0 Å². The van der Waals surface area contributed by atoms with Gasteiger partial charge in [-0.3, -0.25) is 0 Å². The Morgan fingerprint density at radius 2 is 1.44 bits per heavy atom. The standard InChI is InChI=1S/C17H32N/c1-13(2)14(3)10-15-11-16(4,5)18(8,9)17(6,7)12-15/h15H,1,3,10-12H2,2,4-9H3/q+1. The zero-order valence-electron chi connectivity index (χ0n) is 13.6. The molecule has 1 saturated heterocycles. The topological polar surface area (TPSA) is 0 Å². The molecule has 1 heterocycles. The van der Waals surface area contributed by atoms with Gasteiger partial charge in [0.25, 0.3) is 0 Å². The van der Waals surface area contributed by atoms with E-state index in [4.69, 9.17) is 0 Å². The third-order valence-electron chi connectivity index (χ3n) is 5.74. The molecule has 0 atom stereocenters. The maximum absolute atomic E-state index is 4.18. The first-order chi connectivity index (χ1) is 7.91. The highest BCUT2D eigenvalue weighted by atomic mass is 15.4. The summed E-state index contributed by atoms with van der Waals surface area (Å²) in [6, 6.07) is 0. The molecule has 1 fully saturated rings. The number of nitrogens with zero attached hydrogens (tertiary/aromatic N) is 1. The van der Waals surface area contributed by atoms with Crippen LogP contribution in [0.4, 0.5) is 0 Å². The van der Waals surface area contributed by atoms with Gasteiger partial charge < -0.3 is 4.48 Å². The van der Waals surface area contributed by atoms with Crippen LogP contribution in [0.2, 0.25) is 0 Å². The zero-order chi connectivity index (χ0) is 14.4. The smallest absolute Gasteiger partial charge is 0.0938 e. The van der Waals surface area contributed by atoms with Crippen molar-refractivity contribution in [2.45, 2.75) is 65.0 Å². The Labute approximate surface area is 114 Å². The third-order valence-corrected chi connectivity index (χ3v) is 5.74. The van der Waals surface area contributed by atoms with Gasteiger partial charge in [0, 0.05) is 12.8 Å². The fraction of sp³-hybridized carbons (Fsp3) is 0.765. The molecule has 0 spiro atoms. The molecule has 0 aromatic heterocycles. The average Bonchev–Trinajstić information content (AvgIpc) is 2.13. The largest absolute Gasteiger partial charge is 0.320 e. The van der Waals surface area contributed by atoms with Gasteiger partial charge in [0.1, 0.15) is 0 Å². The molecule has 1 rings (SSSR count). The van der Waals surface area contributed by atoms with Gasteiger partial charge >= 0.3 is 0 Å². The Morgan fingerprint density at radius 3 is 1.78 bits per heavy atom. The van der Waals surface area contributed by atoms with E-state index in [1.165, 1.54) is 18.4 Å². The third kappa shape index (κ3) is 2.56. The van der Waals surface area contributed by atoms with E-state index in [0.717, 1.165) is 22.4 Å². The molecule has 18 heavy (non-hydrogen) atoms. The first-order valence-corrected chi connectivity index (χ1v) is 7.08. The van der Waals surface area contributed by atoms with E-state index in [9.17, 15) is 0 Å². The Balaban J connectivity index is 2.91. The number of rotatable bonds is 3. The summed E-state index contributed by atoms with van der Waals surface area (Å²) in [6.07, 6.45) is 3.66. The lowest BCUT2D eigenvalue weighted by Gasteiger charge is -2.60. The van der Waals surface area contributed by atoms with Gasteiger partial charge in [0.05, 0.1) is 25.2 Å². The Bertz CT molecular complexity index is 338. The fourth-order valence-corrected chi connectivity index (χ4v) is 3.43. The van der Waals surface area contributed by atoms with E-state index in [2.05, 4.69) is 61.9 Å². The molecule has 0 radical (unpaired) electrons. The van der Waals surface area contributed by atoms with Gasteiger partial charge in [-0.25, -0.2) is 0 Å². The van der Waals surface area contributed by atoms with Crippen LogP contribution in [0.5, 0.6) is 0 Å². The average molecular weight is 250 g/mol. The van der Waals surface area contributed by atoms with E-state index in [1.54, 1.807) is 0 Å². The minimum Gasteiger partial charge on any atom is -0.320 e. The van der Waals surface area contributed by atoms with E-state index >= 15 is 0 Å². The molecule has 0 amide bonds. The van der Waals surface area contributed by atoms with Crippen LogP contribution in [0, 0.1) is 5.92 Å². The molecule has 0 aliphatic carbocycles. The van der Waals surface area contributed by atoms with Gasteiger partial charge in [-0.1, -0.05) is 24.3 Å². The van der Waals surface area contributed by atoms with E-state index in [0.29, 0.717) is 11.1 Å². The van der Waals surface area contributed by atoms with Crippen LogP contribution in [0.15, 0.2) is 24.3 Å². The van der Waals surface area contributed by atoms with Crippen LogP contribution >= 0.6 is 0 Å². The number of allylic oxidation sites excluding steroid dienone is 2. The number of hydrogen-bond acceptors (Lipinski definition) is 0. The highest BCUT2D eigenvalue weighted by Crippen LogP contribution is 2.47. The number of quaternary nitrogens is 1. The van der Waals surface area contributed by atoms with Crippen molar-refractivity contribution in [1.82, 2.24) is 0 Å². The normalized spacial score (nSPS) is 25.7. The van der Waals surface area contributed by atoms with Crippen LogP contribution in [0.3, 0.4) is 0 Å². The van der Waals surface area contributed by atoms with Gasteiger partial charge in [-0.2, -0.15) is 0 Å². The number of likely N-dealkylation sites (tertiary alicyclic amines) is 1. The summed E-state index contributed by atoms with van der Waals surface area (Å²) in [5, 5.41) is 0. The summed E-state index contributed by atoms with van der Waals surface area (Å²) in [5.41, 5.74) is 3.02. The molecule has 1 aliphatic rings. The van der Waals surface area contributed by atoms with Crippen LogP contribution in [0.25, 0.3) is 0 Å². The van der Waals surface area contributed by atoms with E-state index in [-0.39, 0.29) is 0 Å². The number of piperidine rings is 1. The molecule has 0 unspecified atom stereocenters. The molecule has 0 N–H and O–H groups in total. The monoisotopic (exact) mass is 250 g/mol. The van der Waals surface area contributed by atoms with Gasteiger partial charge in [-0.05, 0) is 47.0 Å². The summed E-state index contributed by atoms with van der Waals surface area (Å²) in [7, 11) is 4.76. The molecule has 104 valence electrons. The summed E-state index contributed by atoms with van der Waals surface area (Å²) in [4.78, 5) is 0. The van der Waals surface area contributed by atoms with Crippen molar-refractivity contribution in [1.29, 1.82) is 0 Å². The quantitative estimate of drug-likeness (QED) is 0.509. The predicted molar refractivity (Wildman–Crippen MR) is 81.6 cm³/mol.